The Hall–Kier alpha value is -0.750. The Morgan fingerprint density at radius 3 is 2.26 bits per heavy atom. The second kappa shape index (κ2) is 6.61. The van der Waals surface area contributed by atoms with Crippen molar-refractivity contribution in [2.75, 3.05) is 25.2 Å². The van der Waals surface area contributed by atoms with Gasteiger partial charge in [-0.2, -0.15) is 11.8 Å². The minimum Gasteiger partial charge on any atom is -0.376 e. The molecular formula is C13H24N2O3S. The van der Waals surface area contributed by atoms with Gasteiger partial charge in [-0.25, -0.2) is 0 Å². The average molecular weight is 288 g/mol. The fraction of sp³-hybridized carbons (Fsp3) is 0.846. The number of carbonyl (C=O) groups is 2. The molecular weight excluding hydrogens is 264 g/mol. The third kappa shape index (κ3) is 5.40. The monoisotopic (exact) mass is 288 g/mol. The average Bonchev–Trinajstić information content (AvgIpc) is 2.35. The summed E-state index contributed by atoms with van der Waals surface area (Å²) < 4.78 is 5.55. The van der Waals surface area contributed by atoms with Gasteiger partial charge in [0.2, 0.25) is 0 Å². The number of amides is 2. The highest BCUT2D eigenvalue weighted by Gasteiger charge is 2.33. The molecule has 1 fully saturated rings. The first kappa shape index (κ1) is 16.3. The predicted octanol–water partition coefficient (Wildman–Crippen LogP) is 0.929. The van der Waals surface area contributed by atoms with Crippen molar-refractivity contribution in [3.8, 4) is 0 Å². The van der Waals surface area contributed by atoms with Crippen LogP contribution in [0.5, 0.6) is 0 Å². The van der Waals surface area contributed by atoms with Crippen LogP contribution in [-0.2, 0) is 14.3 Å². The van der Waals surface area contributed by atoms with E-state index in [4.69, 9.17) is 4.74 Å². The SMILES string of the molecule is COC1(CNC(=O)C(=O)NC(C)(C)C)CCSCC1. The molecule has 1 heterocycles. The van der Waals surface area contributed by atoms with Crippen molar-refractivity contribution < 1.29 is 14.3 Å². The highest BCUT2D eigenvalue weighted by atomic mass is 32.2. The summed E-state index contributed by atoms with van der Waals surface area (Å²) in [5, 5.41) is 5.32. The van der Waals surface area contributed by atoms with E-state index < -0.39 is 17.4 Å². The summed E-state index contributed by atoms with van der Waals surface area (Å²) in [6, 6.07) is 0. The van der Waals surface area contributed by atoms with Gasteiger partial charge < -0.3 is 15.4 Å². The van der Waals surface area contributed by atoms with Crippen LogP contribution in [0.25, 0.3) is 0 Å². The number of hydrogen-bond acceptors (Lipinski definition) is 4. The predicted molar refractivity (Wildman–Crippen MR) is 77.2 cm³/mol. The number of hydrogen-bond donors (Lipinski definition) is 2. The molecule has 110 valence electrons. The van der Waals surface area contributed by atoms with Gasteiger partial charge in [0.05, 0.1) is 5.60 Å². The van der Waals surface area contributed by atoms with E-state index >= 15 is 0 Å². The van der Waals surface area contributed by atoms with E-state index in [0.29, 0.717) is 6.54 Å². The van der Waals surface area contributed by atoms with E-state index in [9.17, 15) is 9.59 Å². The van der Waals surface area contributed by atoms with Crippen LogP contribution < -0.4 is 10.6 Å². The molecule has 19 heavy (non-hydrogen) atoms. The van der Waals surface area contributed by atoms with Crippen molar-refractivity contribution in [2.45, 2.75) is 44.8 Å². The van der Waals surface area contributed by atoms with E-state index in [-0.39, 0.29) is 5.60 Å². The number of nitrogens with one attached hydrogen (secondary N) is 2. The molecule has 0 unspecified atom stereocenters. The van der Waals surface area contributed by atoms with Crippen LogP contribution in [0.4, 0.5) is 0 Å². The van der Waals surface area contributed by atoms with E-state index in [1.54, 1.807) is 7.11 Å². The van der Waals surface area contributed by atoms with Crippen molar-refractivity contribution in [2.24, 2.45) is 0 Å². The van der Waals surface area contributed by atoms with Gasteiger partial charge in [-0.1, -0.05) is 0 Å². The summed E-state index contributed by atoms with van der Waals surface area (Å²) in [4.78, 5) is 23.4. The van der Waals surface area contributed by atoms with Crippen LogP contribution in [0.15, 0.2) is 0 Å². The largest absolute Gasteiger partial charge is 0.376 e. The Bertz CT molecular complexity index is 333. The maximum absolute atomic E-state index is 11.7. The molecule has 0 saturated carbocycles. The Morgan fingerprint density at radius 1 is 1.21 bits per heavy atom. The van der Waals surface area contributed by atoms with E-state index in [0.717, 1.165) is 24.3 Å². The van der Waals surface area contributed by atoms with Gasteiger partial charge in [0.25, 0.3) is 0 Å². The van der Waals surface area contributed by atoms with Crippen LogP contribution in [0.1, 0.15) is 33.6 Å². The van der Waals surface area contributed by atoms with Gasteiger partial charge in [-0.3, -0.25) is 9.59 Å². The third-order valence-corrected chi connectivity index (χ3v) is 4.09. The molecule has 1 rings (SSSR count). The van der Waals surface area contributed by atoms with Crippen LogP contribution in [0, 0.1) is 0 Å². The zero-order valence-electron chi connectivity index (χ0n) is 12.2. The molecule has 2 amide bonds. The lowest BCUT2D eigenvalue weighted by Crippen LogP contribution is -2.52. The minimum absolute atomic E-state index is 0.317. The van der Waals surface area contributed by atoms with Crippen molar-refractivity contribution in [3.63, 3.8) is 0 Å². The highest BCUT2D eigenvalue weighted by Crippen LogP contribution is 2.29. The minimum atomic E-state index is -0.594. The molecule has 2 N–H and O–H groups in total. The van der Waals surface area contributed by atoms with E-state index in [1.165, 1.54) is 0 Å². The highest BCUT2D eigenvalue weighted by molar-refractivity contribution is 7.99. The molecule has 0 aromatic carbocycles. The van der Waals surface area contributed by atoms with Crippen molar-refractivity contribution >= 4 is 23.6 Å². The second-order valence-corrected chi connectivity index (χ2v) is 7.11. The van der Waals surface area contributed by atoms with Gasteiger partial charge in [-0.15, -0.1) is 0 Å². The molecule has 1 aliphatic heterocycles. The zero-order chi connectivity index (χ0) is 14.5. The molecule has 1 aliphatic rings. The number of methoxy groups -OCH3 is 1. The van der Waals surface area contributed by atoms with Gasteiger partial charge in [-0.05, 0) is 45.1 Å². The summed E-state index contributed by atoms with van der Waals surface area (Å²) in [5.41, 5.74) is -0.724. The molecule has 0 aromatic heterocycles. The third-order valence-electron chi connectivity index (χ3n) is 3.10. The summed E-state index contributed by atoms with van der Waals surface area (Å²) in [5.74, 6) is 0.865. The first-order valence-corrected chi connectivity index (χ1v) is 7.67. The van der Waals surface area contributed by atoms with Crippen molar-refractivity contribution in [1.29, 1.82) is 0 Å². The first-order valence-electron chi connectivity index (χ1n) is 6.51. The molecule has 0 aliphatic carbocycles. The summed E-state index contributed by atoms with van der Waals surface area (Å²) in [7, 11) is 1.66. The van der Waals surface area contributed by atoms with Crippen molar-refractivity contribution in [1.82, 2.24) is 10.6 Å². The molecule has 0 aromatic rings. The lowest BCUT2D eigenvalue weighted by atomic mass is 9.96. The Morgan fingerprint density at radius 2 is 1.79 bits per heavy atom. The molecule has 6 heteroatoms. The van der Waals surface area contributed by atoms with E-state index in [1.807, 2.05) is 32.5 Å². The standard InChI is InChI=1S/C13H24N2O3S/c1-12(2,3)15-11(17)10(16)14-9-13(18-4)5-7-19-8-6-13/h5-9H2,1-4H3,(H,14,16)(H,15,17). The van der Waals surface area contributed by atoms with Crippen LogP contribution in [-0.4, -0.2) is 48.1 Å². The Kier molecular flexibility index (Phi) is 5.67. The Labute approximate surface area is 119 Å². The molecule has 0 spiro atoms. The maximum atomic E-state index is 11.7. The smallest absolute Gasteiger partial charge is 0.309 e. The van der Waals surface area contributed by atoms with Crippen LogP contribution in [0.2, 0.25) is 0 Å². The number of rotatable bonds is 3. The normalized spacial score (nSPS) is 18.7. The molecule has 1 saturated heterocycles. The van der Waals surface area contributed by atoms with E-state index in [2.05, 4.69) is 10.6 Å². The zero-order valence-corrected chi connectivity index (χ0v) is 13.0. The fourth-order valence-corrected chi connectivity index (χ4v) is 3.15. The Balaban J connectivity index is 2.46. The number of thioether (sulfide) groups is 1. The number of carbonyl (C=O) groups excluding carboxylic acids is 2. The van der Waals surface area contributed by atoms with Gasteiger partial charge >= 0.3 is 11.8 Å². The van der Waals surface area contributed by atoms with Gasteiger partial charge in [0.15, 0.2) is 0 Å². The topological polar surface area (TPSA) is 67.4 Å². The van der Waals surface area contributed by atoms with Crippen molar-refractivity contribution in [3.05, 3.63) is 0 Å². The number of ether oxygens (including phenoxy) is 1. The second-order valence-electron chi connectivity index (χ2n) is 5.89. The quantitative estimate of drug-likeness (QED) is 0.758. The summed E-state index contributed by atoms with van der Waals surface area (Å²) in [6.07, 6.45) is 1.80. The van der Waals surface area contributed by atoms with Gasteiger partial charge in [0, 0.05) is 19.2 Å². The summed E-state index contributed by atoms with van der Waals surface area (Å²) in [6.45, 7) is 5.91. The lowest BCUT2D eigenvalue weighted by molar-refractivity contribution is -0.141. The summed E-state index contributed by atoms with van der Waals surface area (Å²) >= 11 is 1.89. The molecule has 5 nitrogen and oxygen atoms in total. The first-order chi connectivity index (χ1) is 8.78. The lowest BCUT2D eigenvalue weighted by Gasteiger charge is -2.35. The fourth-order valence-electron chi connectivity index (χ4n) is 1.92. The maximum Gasteiger partial charge on any atom is 0.309 e. The molecule has 0 bridgehead atoms. The molecule has 0 radical (unpaired) electrons. The van der Waals surface area contributed by atoms with Crippen LogP contribution in [0.3, 0.4) is 0 Å². The molecule has 0 atom stereocenters. The van der Waals surface area contributed by atoms with Crippen LogP contribution >= 0.6 is 11.8 Å². The van der Waals surface area contributed by atoms with Gasteiger partial charge in [0.1, 0.15) is 0 Å².